The Labute approximate surface area is 186 Å². The summed E-state index contributed by atoms with van der Waals surface area (Å²) in [6, 6.07) is 12.2. The lowest BCUT2D eigenvalue weighted by atomic mass is 9.99. The maximum Gasteiger partial charge on any atom is 0.254 e. The van der Waals surface area contributed by atoms with Gasteiger partial charge in [0.25, 0.3) is 5.91 Å². The number of nitrogens with one attached hydrogen (secondary N) is 1. The van der Waals surface area contributed by atoms with Crippen LogP contribution in [0.1, 0.15) is 51.8 Å². The van der Waals surface area contributed by atoms with Gasteiger partial charge in [0.15, 0.2) is 5.13 Å². The van der Waals surface area contributed by atoms with E-state index in [1.807, 2.05) is 42.3 Å². The number of nitrogens with zero attached hydrogens (tertiary/aromatic N) is 4. The smallest absolute Gasteiger partial charge is 0.254 e. The number of pyridine rings is 1. The minimum absolute atomic E-state index is 0.00554. The monoisotopic (exact) mass is 433 g/mol. The lowest BCUT2D eigenvalue weighted by Gasteiger charge is -2.29. The highest BCUT2D eigenvalue weighted by Gasteiger charge is 2.32. The maximum atomic E-state index is 13.4. The minimum atomic E-state index is 0.00554. The first kappa shape index (κ1) is 20.0. The molecule has 1 saturated heterocycles. The molecular weight excluding hydrogens is 406 g/mol. The number of likely N-dealkylation sites (tertiary alicyclic amines) is 1. The van der Waals surface area contributed by atoms with E-state index in [9.17, 15) is 4.79 Å². The van der Waals surface area contributed by atoms with Crippen LogP contribution in [-0.2, 0) is 6.42 Å². The molecule has 1 fully saturated rings. The van der Waals surface area contributed by atoms with E-state index in [4.69, 9.17) is 4.98 Å². The number of rotatable bonds is 4. The highest BCUT2D eigenvalue weighted by atomic mass is 32.1. The number of benzene rings is 1. The SMILES string of the molecule is Cc1cnc(Nc2cccc([C@@H]3CCCN3C(=O)c3ccc4c(c3)CCCN4C)n2)s1. The third kappa shape index (κ3) is 4.02. The van der Waals surface area contributed by atoms with Crippen LogP contribution in [0.3, 0.4) is 0 Å². The summed E-state index contributed by atoms with van der Waals surface area (Å²) in [6.07, 6.45) is 5.96. The molecule has 4 heterocycles. The standard InChI is InChI=1S/C24H27N5OS/c1-16-15-25-24(31-16)27-22-9-3-7-19(26-22)21-8-5-13-29(21)23(30)18-10-11-20-17(14-18)6-4-12-28(20)2/h3,7,9-11,14-15,21H,4-6,8,12-13H2,1-2H3,(H,25,26,27)/t21-/m0/s1. The molecule has 2 aromatic heterocycles. The molecule has 6 nitrogen and oxygen atoms in total. The lowest BCUT2D eigenvalue weighted by molar-refractivity contribution is 0.0733. The third-order valence-corrected chi connectivity index (χ3v) is 6.99. The summed E-state index contributed by atoms with van der Waals surface area (Å²) >= 11 is 1.60. The number of thiazole rings is 1. The number of carbonyl (C=O) groups excluding carboxylic acids is 1. The van der Waals surface area contributed by atoms with Gasteiger partial charge >= 0.3 is 0 Å². The Morgan fingerprint density at radius 3 is 2.94 bits per heavy atom. The van der Waals surface area contributed by atoms with Gasteiger partial charge in [0.2, 0.25) is 0 Å². The molecule has 0 radical (unpaired) electrons. The Kier molecular flexibility index (Phi) is 5.36. The summed E-state index contributed by atoms with van der Waals surface area (Å²) in [5.41, 5.74) is 4.24. The predicted molar refractivity (Wildman–Crippen MR) is 125 cm³/mol. The van der Waals surface area contributed by atoms with Gasteiger partial charge in [0.1, 0.15) is 5.82 Å². The number of hydrogen-bond donors (Lipinski definition) is 1. The van der Waals surface area contributed by atoms with E-state index in [-0.39, 0.29) is 11.9 Å². The first-order chi connectivity index (χ1) is 15.1. The lowest BCUT2D eigenvalue weighted by Crippen LogP contribution is -2.31. The number of carbonyl (C=O) groups is 1. The van der Waals surface area contributed by atoms with Crippen LogP contribution in [0.2, 0.25) is 0 Å². The highest BCUT2D eigenvalue weighted by Crippen LogP contribution is 2.34. The number of hydrogen-bond acceptors (Lipinski definition) is 6. The zero-order valence-electron chi connectivity index (χ0n) is 18.0. The molecule has 3 aromatic rings. The Morgan fingerprint density at radius 2 is 2.10 bits per heavy atom. The molecule has 1 atom stereocenters. The first-order valence-electron chi connectivity index (χ1n) is 10.9. The van der Waals surface area contributed by atoms with Crippen LogP contribution in [0.5, 0.6) is 0 Å². The summed E-state index contributed by atoms with van der Waals surface area (Å²) in [4.78, 5) is 28.0. The van der Waals surface area contributed by atoms with Crippen molar-refractivity contribution >= 4 is 33.9 Å². The molecular formula is C24H27N5OS. The quantitative estimate of drug-likeness (QED) is 0.631. The van der Waals surface area contributed by atoms with Crippen molar-refractivity contribution in [3.05, 3.63) is 64.3 Å². The van der Waals surface area contributed by atoms with Crippen molar-refractivity contribution in [1.82, 2.24) is 14.9 Å². The van der Waals surface area contributed by atoms with Crippen LogP contribution in [0.25, 0.3) is 0 Å². The topological polar surface area (TPSA) is 61.4 Å². The second kappa shape index (κ2) is 8.30. The molecule has 1 N–H and O–H groups in total. The van der Waals surface area contributed by atoms with Crippen molar-refractivity contribution < 1.29 is 4.79 Å². The van der Waals surface area contributed by atoms with Crippen molar-refractivity contribution in [3.63, 3.8) is 0 Å². The Hall–Kier alpha value is -2.93. The fourth-order valence-corrected chi connectivity index (χ4v) is 5.30. The minimum Gasteiger partial charge on any atom is -0.374 e. The second-order valence-corrected chi connectivity index (χ2v) is 9.61. The molecule has 0 spiro atoms. The molecule has 0 aliphatic carbocycles. The van der Waals surface area contributed by atoms with Gasteiger partial charge in [-0.2, -0.15) is 0 Å². The molecule has 1 amide bonds. The van der Waals surface area contributed by atoms with Gasteiger partial charge in [-0.1, -0.05) is 6.07 Å². The van der Waals surface area contributed by atoms with Gasteiger partial charge in [0.05, 0.1) is 11.7 Å². The van der Waals surface area contributed by atoms with Crippen molar-refractivity contribution in [2.24, 2.45) is 0 Å². The summed E-state index contributed by atoms with van der Waals surface area (Å²) in [6.45, 7) is 3.88. The van der Waals surface area contributed by atoms with E-state index in [2.05, 4.69) is 34.4 Å². The van der Waals surface area contributed by atoms with Gasteiger partial charge in [-0.25, -0.2) is 9.97 Å². The third-order valence-electron chi connectivity index (χ3n) is 6.16. The number of amides is 1. The normalized spacial score (nSPS) is 18.2. The molecule has 7 heteroatoms. The van der Waals surface area contributed by atoms with Crippen molar-refractivity contribution in [2.45, 2.75) is 38.6 Å². The average molecular weight is 434 g/mol. The summed E-state index contributed by atoms with van der Waals surface area (Å²) in [5, 5.41) is 4.12. The van der Waals surface area contributed by atoms with Crippen LogP contribution in [0.4, 0.5) is 16.6 Å². The number of anilines is 3. The molecule has 2 aliphatic rings. The Bertz CT molecular complexity index is 1110. The predicted octanol–water partition coefficient (Wildman–Crippen LogP) is 4.95. The number of aromatic nitrogens is 2. The molecule has 2 aliphatic heterocycles. The van der Waals surface area contributed by atoms with E-state index < -0.39 is 0 Å². The first-order valence-corrected chi connectivity index (χ1v) is 11.7. The van der Waals surface area contributed by atoms with E-state index >= 15 is 0 Å². The van der Waals surface area contributed by atoms with Crippen LogP contribution in [0, 0.1) is 6.92 Å². The molecule has 0 saturated carbocycles. The number of aryl methyl sites for hydroxylation is 2. The van der Waals surface area contributed by atoms with Gasteiger partial charge in [0, 0.05) is 42.5 Å². The van der Waals surface area contributed by atoms with Crippen LogP contribution >= 0.6 is 11.3 Å². The second-order valence-electron chi connectivity index (χ2n) is 8.37. The fourth-order valence-electron chi connectivity index (χ4n) is 4.63. The van der Waals surface area contributed by atoms with Crippen molar-refractivity contribution in [1.29, 1.82) is 0 Å². The molecule has 0 unspecified atom stereocenters. The largest absolute Gasteiger partial charge is 0.374 e. The fraction of sp³-hybridized carbons (Fsp3) is 0.375. The Morgan fingerprint density at radius 1 is 1.19 bits per heavy atom. The zero-order valence-corrected chi connectivity index (χ0v) is 18.8. The summed E-state index contributed by atoms with van der Waals surface area (Å²) < 4.78 is 0. The van der Waals surface area contributed by atoms with Crippen molar-refractivity contribution in [3.8, 4) is 0 Å². The maximum absolute atomic E-state index is 13.4. The van der Waals surface area contributed by atoms with Gasteiger partial charge in [-0.05, 0) is 68.5 Å². The molecule has 0 bridgehead atoms. The molecule has 160 valence electrons. The van der Waals surface area contributed by atoms with Crippen LogP contribution < -0.4 is 10.2 Å². The molecule has 1 aromatic carbocycles. The summed E-state index contributed by atoms with van der Waals surface area (Å²) in [7, 11) is 2.12. The van der Waals surface area contributed by atoms with Crippen LogP contribution in [0.15, 0.2) is 42.6 Å². The molecule has 31 heavy (non-hydrogen) atoms. The van der Waals surface area contributed by atoms with E-state index in [1.54, 1.807) is 11.3 Å². The van der Waals surface area contributed by atoms with E-state index in [0.717, 1.165) is 65.9 Å². The van der Waals surface area contributed by atoms with Gasteiger partial charge in [-0.3, -0.25) is 4.79 Å². The Balaban J connectivity index is 1.37. The zero-order chi connectivity index (χ0) is 21.4. The molecule has 5 rings (SSSR count). The van der Waals surface area contributed by atoms with E-state index in [0.29, 0.717) is 0 Å². The number of fused-ring (bicyclic) bond motifs is 1. The average Bonchev–Trinajstić information content (AvgIpc) is 3.42. The van der Waals surface area contributed by atoms with Crippen LogP contribution in [-0.4, -0.2) is 40.9 Å². The van der Waals surface area contributed by atoms with E-state index in [1.165, 1.54) is 11.3 Å². The van der Waals surface area contributed by atoms with Gasteiger partial charge in [-0.15, -0.1) is 11.3 Å². The van der Waals surface area contributed by atoms with Gasteiger partial charge < -0.3 is 15.1 Å². The highest BCUT2D eigenvalue weighted by molar-refractivity contribution is 7.15. The van der Waals surface area contributed by atoms with Crippen molar-refractivity contribution in [2.75, 3.05) is 30.4 Å². The summed E-state index contributed by atoms with van der Waals surface area (Å²) in [5.74, 6) is 0.872.